The van der Waals surface area contributed by atoms with Crippen molar-refractivity contribution in [2.75, 3.05) is 0 Å². The molecule has 16 heavy (non-hydrogen) atoms. The standard InChI is InChI=1S/C13H18N2O/c1-10(14)13(16)15(12-7-8-12)9-11-5-3-2-4-6-11/h2-6,10,12H,7-9,14H2,1H3/t10-/m1/s1. The smallest absolute Gasteiger partial charge is 0.239 e. The van der Waals surface area contributed by atoms with Crippen LogP contribution in [0.2, 0.25) is 0 Å². The molecule has 0 saturated heterocycles. The SMILES string of the molecule is C[C@@H](N)C(=O)N(Cc1ccccc1)C1CC1. The second-order valence-corrected chi connectivity index (χ2v) is 4.47. The molecule has 3 nitrogen and oxygen atoms in total. The molecule has 1 aromatic carbocycles. The van der Waals surface area contributed by atoms with Crippen molar-refractivity contribution in [3.63, 3.8) is 0 Å². The summed E-state index contributed by atoms with van der Waals surface area (Å²) < 4.78 is 0. The van der Waals surface area contributed by atoms with Gasteiger partial charge in [-0.2, -0.15) is 0 Å². The topological polar surface area (TPSA) is 46.3 Å². The molecule has 0 spiro atoms. The van der Waals surface area contributed by atoms with Crippen molar-refractivity contribution in [1.82, 2.24) is 4.90 Å². The van der Waals surface area contributed by atoms with E-state index in [0.29, 0.717) is 12.6 Å². The maximum Gasteiger partial charge on any atom is 0.239 e. The molecule has 0 radical (unpaired) electrons. The molecule has 1 aliphatic carbocycles. The van der Waals surface area contributed by atoms with Crippen LogP contribution in [0.5, 0.6) is 0 Å². The summed E-state index contributed by atoms with van der Waals surface area (Å²) in [5.74, 6) is 0.0614. The van der Waals surface area contributed by atoms with Crippen LogP contribution in [0.4, 0.5) is 0 Å². The molecule has 1 atom stereocenters. The van der Waals surface area contributed by atoms with E-state index < -0.39 is 6.04 Å². The van der Waals surface area contributed by atoms with Crippen LogP contribution in [0, 0.1) is 0 Å². The highest BCUT2D eigenvalue weighted by Crippen LogP contribution is 2.28. The first-order valence-electron chi connectivity index (χ1n) is 5.78. The Labute approximate surface area is 96.2 Å². The van der Waals surface area contributed by atoms with Crippen molar-refractivity contribution in [2.24, 2.45) is 5.73 Å². The Balaban J connectivity index is 2.06. The third-order valence-corrected chi connectivity index (χ3v) is 2.86. The Morgan fingerprint density at radius 1 is 1.44 bits per heavy atom. The van der Waals surface area contributed by atoms with Gasteiger partial charge in [0.1, 0.15) is 0 Å². The van der Waals surface area contributed by atoms with Crippen molar-refractivity contribution in [3.05, 3.63) is 35.9 Å². The summed E-state index contributed by atoms with van der Waals surface area (Å²) in [5, 5.41) is 0. The van der Waals surface area contributed by atoms with Gasteiger partial charge in [-0.15, -0.1) is 0 Å². The lowest BCUT2D eigenvalue weighted by Gasteiger charge is -2.24. The molecule has 0 unspecified atom stereocenters. The quantitative estimate of drug-likeness (QED) is 0.833. The number of hydrogen-bond acceptors (Lipinski definition) is 2. The van der Waals surface area contributed by atoms with Crippen LogP contribution in [0.3, 0.4) is 0 Å². The third-order valence-electron chi connectivity index (χ3n) is 2.86. The van der Waals surface area contributed by atoms with Crippen LogP contribution in [-0.2, 0) is 11.3 Å². The zero-order chi connectivity index (χ0) is 11.5. The summed E-state index contributed by atoms with van der Waals surface area (Å²) in [6.07, 6.45) is 2.23. The van der Waals surface area contributed by atoms with E-state index >= 15 is 0 Å². The van der Waals surface area contributed by atoms with Crippen LogP contribution in [0.15, 0.2) is 30.3 Å². The van der Waals surface area contributed by atoms with E-state index in [9.17, 15) is 4.79 Å². The largest absolute Gasteiger partial charge is 0.334 e. The van der Waals surface area contributed by atoms with Gasteiger partial charge in [0.15, 0.2) is 0 Å². The van der Waals surface area contributed by atoms with Gasteiger partial charge in [0.05, 0.1) is 6.04 Å². The minimum atomic E-state index is -0.399. The fourth-order valence-corrected chi connectivity index (χ4v) is 1.81. The highest BCUT2D eigenvalue weighted by molar-refractivity contribution is 5.81. The average Bonchev–Trinajstić information content (AvgIpc) is 3.10. The van der Waals surface area contributed by atoms with Gasteiger partial charge in [0.2, 0.25) is 5.91 Å². The molecule has 1 aromatic rings. The van der Waals surface area contributed by atoms with E-state index in [2.05, 4.69) is 0 Å². The predicted molar refractivity (Wildman–Crippen MR) is 63.7 cm³/mol. The van der Waals surface area contributed by atoms with Crippen molar-refractivity contribution >= 4 is 5.91 Å². The van der Waals surface area contributed by atoms with Gasteiger partial charge in [-0.25, -0.2) is 0 Å². The molecular formula is C13H18N2O. The lowest BCUT2D eigenvalue weighted by atomic mass is 10.2. The number of carbonyl (C=O) groups is 1. The van der Waals surface area contributed by atoms with Gasteiger partial charge in [0.25, 0.3) is 0 Å². The van der Waals surface area contributed by atoms with Crippen LogP contribution in [0.25, 0.3) is 0 Å². The van der Waals surface area contributed by atoms with Crippen molar-refractivity contribution in [3.8, 4) is 0 Å². The summed E-state index contributed by atoms with van der Waals surface area (Å²) in [4.78, 5) is 13.8. The van der Waals surface area contributed by atoms with Gasteiger partial charge in [0, 0.05) is 12.6 Å². The minimum Gasteiger partial charge on any atom is -0.334 e. The lowest BCUT2D eigenvalue weighted by molar-refractivity contribution is -0.133. The first-order chi connectivity index (χ1) is 7.68. The molecule has 0 aliphatic heterocycles. The molecule has 0 aromatic heterocycles. The third kappa shape index (κ3) is 2.61. The van der Waals surface area contributed by atoms with E-state index in [4.69, 9.17) is 5.73 Å². The number of rotatable bonds is 4. The molecule has 86 valence electrons. The van der Waals surface area contributed by atoms with Crippen LogP contribution < -0.4 is 5.73 Å². The number of carbonyl (C=O) groups excluding carboxylic acids is 1. The molecule has 0 heterocycles. The molecule has 2 rings (SSSR count). The number of benzene rings is 1. The summed E-state index contributed by atoms with van der Waals surface area (Å²) in [7, 11) is 0. The Morgan fingerprint density at radius 3 is 2.56 bits per heavy atom. The number of nitrogens with two attached hydrogens (primary N) is 1. The molecule has 0 bridgehead atoms. The van der Waals surface area contributed by atoms with E-state index in [1.807, 2.05) is 35.2 Å². The number of amides is 1. The second-order valence-electron chi connectivity index (χ2n) is 4.47. The van der Waals surface area contributed by atoms with Gasteiger partial charge >= 0.3 is 0 Å². The summed E-state index contributed by atoms with van der Waals surface area (Å²) >= 11 is 0. The number of hydrogen-bond donors (Lipinski definition) is 1. The monoisotopic (exact) mass is 218 g/mol. The molecular weight excluding hydrogens is 200 g/mol. The fourth-order valence-electron chi connectivity index (χ4n) is 1.81. The Hall–Kier alpha value is -1.35. The van der Waals surface area contributed by atoms with Gasteiger partial charge in [-0.05, 0) is 25.3 Å². The summed E-state index contributed by atoms with van der Waals surface area (Å²) in [6, 6.07) is 10.1. The van der Waals surface area contributed by atoms with Crippen LogP contribution in [-0.4, -0.2) is 22.9 Å². The highest BCUT2D eigenvalue weighted by Gasteiger charge is 2.33. The van der Waals surface area contributed by atoms with Crippen molar-refractivity contribution in [1.29, 1.82) is 0 Å². The molecule has 1 fully saturated rings. The van der Waals surface area contributed by atoms with Gasteiger partial charge in [-0.3, -0.25) is 4.79 Å². The van der Waals surface area contributed by atoms with E-state index in [0.717, 1.165) is 12.8 Å². The first-order valence-corrected chi connectivity index (χ1v) is 5.78. The second kappa shape index (κ2) is 4.66. The van der Waals surface area contributed by atoms with Crippen molar-refractivity contribution in [2.45, 2.75) is 38.4 Å². The van der Waals surface area contributed by atoms with Gasteiger partial charge in [-0.1, -0.05) is 30.3 Å². The molecule has 3 heteroatoms. The van der Waals surface area contributed by atoms with E-state index in [1.54, 1.807) is 6.92 Å². The Bertz CT molecular complexity index is 357. The van der Waals surface area contributed by atoms with Crippen LogP contribution in [0.1, 0.15) is 25.3 Å². The van der Waals surface area contributed by atoms with Crippen LogP contribution >= 0.6 is 0 Å². The highest BCUT2D eigenvalue weighted by atomic mass is 16.2. The first kappa shape index (κ1) is 11.1. The fraction of sp³-hybridized carbons (Fsp3) is 0.462. The maximum absolute atomic E-state index is 11.9. The zero-order valence-electron chi connectivity index (χ0n) is 9.60. The Morgan fingerprint density at radius 2 is 2.06 bits per heavy atom. The van der Waals surface area contributed by atoms with E-state index in [1.165, 1.54) is 5.56 Å². The number of nitrogens with zero attached hydrogens (tertiary/aromatic N) is 1. The zero-order valence-corrected chi connectivity index (χ0v) is 9.60. The predicted octanol–water partition coefficient (Wildman–Crippen LogP) is 1.52. The summed E-state index contributed by atoms with van der Waals surface area (Å²) in [6.45, 7) is 2.44. The summed E-state index contributed by atoms with van der Waals surface area (Å²) in [5.41, 5.74) is 6.83. The average molecular weight is 218 g/mol. The maximum atomic E-state index is 11.9. The molecule has 1 amide bonds. The van der Waals surface area contributed by atoms with Gasteiger partial charge < -0.3 is 10.6 Å². The molecule has 2 N–H and O–H groups in total. The normalized spacial score (nSPS) is 16.9. The van der Waals surface area contributed by atoms with E-state index in [-0.39, 0.29) is 5.91 Å². The Kier molecular flexibility index (Phi) is 3.25. The lowest BCUT2D eigenvalue weighted by Crippen LogP contribution is -2.42. The minimum absolute atomic E-state index is 0.0614. The molecule has 1 saturated carbocycles. The molecule has 1 aliphatic rings. The van der Waals surface area contributed by atoms with Crippen molar-refractivity contribution < 1.29 is 4.79 Å².